The third-order valence-corrected chi connectivity index (χ3v) is 2.59. The van der Waals surface area contributed by atoms with Crippen molar-refractivity contribution < 1.29 is 0 Å². The Balaban J connectivity index is 3.15. The maximum atomic E-state index is 2.33. The maximum absolute atomic E-state index is 2.33. The van der Waals surface area contributed by atoms with Gasteiger partial charge in [0, 0.05) is 0 Å². The van der Waals surface area contributed by atoms with Gasteiger partial charge in [-0.25, -0.2) is 0 Å². The molecule has 0 aliphatic rings. The molecule has 0 saturated carbocycles. The van der Waals surface area contributed by atoms with Crippen molar-refractivity contribution in [3.8, 4) is 0 Å². The molecule has 0 spiro atoms. The first kappa shape index (κ1) is 12.5. The van der Waals surface area contributed by atoms with Crippen LogP contribution in [0.3, 0.4) is 0 Å². The van der Waals surface area contributed by atoms with Gasteiger partial charge in [0.05, 0.1) is 0 Å². The summed E-state index contributed by atoms with van der Waals surface area (Å²) in [6.45, 7) is 9.03. The molecule has 0 radical (unpaired) electrons. The van der Waals surface area contributed by atoms with E-state index in [4.69, 9.17) is 0 Å². The zero-order valence-corrected chi connectivity index (χ0v) is 10.3. The molecular weight excluding hydrogens is 158 g/mol. The Hall–Kier alpha value is 0.415. The molecule has 0 aromatic heterocycles. The minimum absolute atomic E-state index is 0.251. The third-order valence-electron chi connectivity index (χ3n) is 2.59. The van der Waals surface area contributed by atoms with E-state index < -0.39 is 0 Å². The van der Waals surface area contributed by atoms with Crippen molar-refractivity contribution in [1.82, 2.24) is 0 Å². The second kappa shape index (κ2) is 4.12. The van der Waals surface area contributed by atoms with Crippen LogP contribution >= 0.6 is 0 Å². The average Bonchev–Trinajstić information content (AvgIpc) is 2.01. The van der Waals surface area contributed by atoms with Crippen LogP contribution in [0.15, 0.2) is 24.3 Å². The zero-order chi connectivity index (χ0) is 11.0. The fourth-order valence-corrected chi connectivity index (χ4v) is 1.45. The van der Waals surface area contributed by atoms with Gasteiger partial charge < -0.3 is 0 Å². The molecule has 0 heterocycles. The van der Waals surface area contributed by atoms with E-state index in [9.17, 15) is 0 Å². The minimum atomic E-state index is 0.251. The molecule has 0 bridgehead atoms. The number of benzene rings is 1. The first-order chi connectivity index (χ1) is 6.21. The predicted molar refractivity (Wildman–Crippen MR) is 64.0 cm³/mol. The summed E-state index contributed by atoms with van der Waals surface area (Å²) in [7, 11) is 0. The molecule has 0 unspecified atom stereocenters. The van der Waals surface area contributed by atoms with E-state index in [0.29, 0.717) is 0 Å². The standard InChI is InChI=1S/C12H16.2Li/c1-9(2)11-6-5-7-12(8-11)10(3)4;;/h5-8H,1-4H3;;. The van der Waals surface area contributed by atoms with Crippen LogP contribution in [0.5, 0.6) is 0 Å². The van der Waals surface area contributed by atoms with Crippen molar-refractivity contribution in [2.75, 3.05) is 0 Å². The molecule has 0 atom stereocenters. The van der Waals surface area contributed by atoms with Gasteiger partial charge in [-0.1, -0.05) is 0 Å². The summed E-state index contributed by atoms with van der Waals surface area (Å²) in [5.41, 5.74) is 2.84. The van der Waals surface area contributed by atoms with Gasteiger partial charge in [0.25, 0.3) is 0 Å². The fraction of sp³-hybridized carbons (Fsp3) is 0.500. The van der Waals surface area contributed by atoms with Gasteiger partial charge >= 0.3 is 107 Å². The Morgan fingerprint density at radius 2 is 1.21 bits per heavy atom. The van der Waals surface area contributed by atoms with Gasteiger partial charge in [-0.3, -0.25) is 0 Å². The molecule has 1 rings (SSSR count). The third kappa shape index (κ3) is 3.22. The Morgan fingerprint density at radius 3 is 1.50 bits per heavy atom. The van der Waals surface area contributed by atoms with E-state index in [0.717, 1.165) is 0 Å². The van der Waals surface area contributed by atoms with Crippen LogP contribution in [-0.2, 0) is 8.18 Å². The van der Waals surface area contributed by atoms with Crippen molar-refractivity contribution >= 4 is 35.4 Å². The van der Waals surface area contributed by atoms with Crippen molar-refractivity contribution in [3.63, 3.8) is 0 Å². The Kier molecular flexibility index (Phi) is 3.67. The average molecular weight is 174 g/mol. The Morgan fingerprint density at radius 1 is 0.857 bits per heavy atom. The van der Waals surface area contributed by atoms with Gasteiger partial charge in [-0.2, -0.15) is 0 Å². The van der Waals surface area contributed by atoms with E-state index >= 15 is 0 Å². The molecule has 0 aliphatic carbocycles. The summed E-state index contributed by atoms with van der Waals surface area (Å²) in [4.78, 5) is 0. The van der Waals surface area contributed by atoms with Gasteiger partial charge in [0.1, 0.15) is 0 Å². The molecule has 1 aromatic carbocycles. The van der Waals surface area contributed by atoms with Crippen LogP contribution in [0.2, 0.25) is 0 Å². The van der Waals surface area contributed by atoms with Crippen LogP contribution in [0.25, 0.3) is 0 Å². The topological polar surface area (TPSA) is 0 Å². The molecule has 0 fully saturated rings. The molecule has 66 valence electrons. The van der Waals surface area contributed by atoms with Gasteiger partial charge in [-0.05, 0) is 0 Å². The second-order valence-electron chi connectivity index (χ2n) is 6.08. The van der Waals surface area contributed by atoms with Crippen molar-refractivity contribution in [2.45, 2.75) is 35.9 Å². The fourth-order valence-electron chi connectivity index (χ4n) is 1.45. The van der Waals surface area contributed by atoms with Crippen LogP contribution in [0, 0.1) is 0 Å². The quantitative estimate of drug-likeness (QED) is 0.604. The van der Waals surface area contributed by atoms with E-state index in [1.165, 1.54) is 11.1 Å². The van der Waals surface area contributed by atoms with Crippen molar-refractivity contribution in [2.24, 2.45) is 0 Å². The van der Waals surface area contributed by atoms with Crippen LogP contribution in [0.1, 0.15) is 38.8 Å². The number of rotatable bonds is 2. The summed E-state index contributed by atoms with van der Waals surface area (Å²) in [5.74, 6) is 0. The molecule has 0 aliphatic heterocycles. The summed E-state index contributed by atoms with van der Waals surface area (Å²) in [6.07, 6.45) is 0. The monoisotopic (exact) mass is 174 g/mol. The molecule has 14 heavy (non-hydrogen) atoms. The molecule has 0 nitrogen and oxygen atoms in total. The first-order valence-corrected chi connectivity index (χ1v) is 5.32. The summed E-state index contributed by atoms with van der Waals surface area (Å²) in [5, 5.41) is 0. The van der Waals surface area contributed by atoms with Gasteiger partial charge in [-0.15, -0.1) is 0 Å². The Bertz CT molecular complexity index is 287. The SMILES string of the molecule is [Li][C](C)(C)c1cccc([C]([Li])(C)C)c1. The molecule has 0 amide bonds. The molecular formula is C12H16Li2. The molecule has 0 saturated heterocycles. The molecule has 1 aromatic rings. The predicted octanol–water partition coefficient (Wildman–Crippen LogP) is 2.49. The van der Waals surface area contributed by atoms with Gasteiger partial charge in [0.15, 0.2) is 0 Å². The van der Waals surface area contributed by atoms with E-state index in [1.807, 2.05) is 0 Å². The molecule has 0 N–H and O–H groups in total. The number of hydrogen-bond acceptors (Lipinski definition) is 0. The van der Waals surface area contributed by atoms with Crippen LogP contribution in [-0.4, -0.2) is 35.4 Å². The van der Waals surface area contributed by atoms with E-state index in [-0.39, 0.29) is 8.18 Å². The number of hydrogen-bond donors (Lipinski definition) is 0. The van der Waals surface area contributed by atoms with Gasteiger partial charge in [0.2, 0.25) is 0 Å². The summed E-state index contributed by atoms with van der Waals surface area (Å²) in [6, 6.07) is 8.94. The Labute approximate surface area is 106 Å². The van der Waals surface area contributed by atoms with E-state index in [2.05, 4.69) is 87.4 Å². The molecule has 2 heteroatoms. The summed E-state index contributed by atoms with van der Waals surface area (Å²) < 4.78 is 0.502. The second-order valence-corrected chi connectivity index (χ2v) is 6.08. The van der Waals surface area contributed by atoms with Crippen LogP contribution < -0.4 is 0 Å². The van der Waals surface area contributed by atoms with Crippen molar-refractivity contribution in [1.29, 1.82) is 0 Å². The normalized spacial score (nSPS) is 13.1. The zero-order valence-electron chi connectivity index (χ0n) is 10.3. The first-order valence-electron chi connectivity index (χ1n) is 5.32. The van der Waals surface area contributed by atoms with Crippen molar-refractivity contribution in [3.05, 3.63) is 35.4 Å². The van der Waals surface area contributed by atoms with E-state index in [1.54, 1.807) is 0 Å². The summed E-state index contributed by atoms with van der Waals surface area (Å²) >= 11 is 4.52. The van der Waals surface area contributed by atoms with Crippen LogP contribution in [0.4, 0.5) is 0 Å².